The van der Waals surface area contributed by atoms with Gasteiger partial charge in [-0.25, -0.2) is 4.68 Å². The zero-order valence-corrected chi connectivity index (χ0v) is 13.6. The van der Waals surface area contributed by atoms with Crippen molar-refractivity contribution in [1.82, 2.24) is 20.3 Å². The number of ether oxygens (including phenoxy) is 1. The van der Waals surface area contributed by atoms with Crippen LogP contribution in [0.2, 0.25) is 0 Å². The molecule has 2 aromatic heterocycles. The number of hydrogen-bond acceptors (Lipinski definition) is 5. The van der Waals surface area contributed by atoms with Crippen LogP contribution in [0.3, 0.4) is 0 Å². The molecule has 3 rings (SSSR count). The van der Waals surface area contributed by atoms with Crippen LogP contribution < -0.4 is 10.1 Å². The Morgan fingerprint density at radius 2 is 2.09 bits per heavy atom. The van der Waals surface area contributed by atoms with Gasteiger partial charge in [-0.15, -0.1) is 16.4 Å². The second-order valence-corrected chi connectivity index (χ2v) is 5.87. The Balaban J connectivity index is 1.71. The summed E-state index contributed by atoms with van der Waals surface area (Å²) in [5.41, 5.74) is 1.93. The summed E-state index contributed by atoms with van der Waals surface area (Å²) in [6.45, 7) is 1.95. The molecule has 1 amide bonds. The fraction of sp³-hybridized carbons (Fsp3) is 0.188. The highest BCUT2D eigenvalue weighted by Gasteiger charge is 2.16. The van der Waals surface area contributed by atoms with Crippen LogP contribution in [0.25, 0.3) is 5.69 Å². The molecule has 0 aliphatic rings. The highest BCUT2D eigenvalue weighted by Crippen LogP contribution is 2.25. The van der Waals surface area contributed by atoms with E-state index < -0.39 is 0 Å². The number of thiophene rings is 1. The first-order valence-electron chi connectivity index (χ1n) is 7.08. The molecule has 0 aliphatic carbocycles. The minimum atomic E-state index is -0.135. The monoisotopic (exact) mass is 328 g/mol. The van der Waals surface area contributed by atoms with E-state index in [1.807, 2.05) is 36.6 Å². The lowest BCUT2D eigenvalue weighted by Gasteiger charge is -2.14. The van der Waals surface area contributed by atoms with Crippen molar-refractivity contribution in [3.8, 4) is 11.4 Å². The van der Waals surface area contributed by atoms with Crippen molar-refractivity contribution >= 4 is 17.2 Å². The number of rotatable bonds is 5. The Morgan fingerprint density at radius 3 is 2.74 bits per heavy atom. The summed E-state index contributed by atoms with van der Waals surface area (Å²) in [4.78, 5) is 12.9. The maximum Gasteiger partial charge on any atom is 0.265 e. The van der Waals surface area contributed by atoms with Crippen molar-refractivity contribution in [2.24, 2.45) is 0 Å². The van der Waals surface area contributed by atoms with Crippen LogP contribution >= 0.6 is 11.3 Å². The Kier molecular flexibility index (Phi) is 4.38. The number of carbonyl (C=O) groups excluding carboxylic acids is 1. The zero-order valence-electron chi connectivity index (χ0n) is 12.8. The number of methoxy groups -OCH3 is 1. The normalized spacial score (nSPS) is 11.9. The van der Waals surface area contributed by atoms with Crippen molar-refractivity contribution < 1.29 is 9.53 Å². The highest BCUT2D eigenvalue weighted by atomic mass is 32.1. The van der Waals surface area contributed by atoms with Gasteiger partial charge in [-0.1, -0.05) is 17.3 Å². The van der Waals surface area contributed by atoms with Crippen molar-refractivity contribution in [1.29, 1.82) is 0 Å². The van der Waals surface area contributed by atoms with Crippen LogP contribution in [-0.4, -0.2) is 28.0 Å². The number of benzene rings is 1. The molecule has 0 aliphatic heterocycles. The molecule has 118 valence electrons. The third-order valence-electron chi connectivity index (χ3n) is 3.48. The second kappa shape index (κ2) is 6.62. The van der Waals surface area contributed by atoms with E-state index in [-0.39, 0.29) is 11.9 Å². The van der Waals surface area contributed by atoms with Crippen molar-refractivity contribution in [3.05, 3.63) is 58.5 Å². The van der Waals surface area contributed by atoms with Gasteiger partial charge in [0.05, 0.1) is 31.2 Å². The molecule has 0 saturated carbocycles. The summed E-state index contributed by atoms with van der Waals surface area (Å²) in [6.07, 6.45) is 3.41. The molecule has 2 heterocycles. The van der Waals surface area contributed by atoms with E-state index in [2.05, 4.69) is 15.6 Å². The van der Waals surface area contributed by atoms with E-state index in [1.165, 1.54) is 11.3 Å². The lowest BCUT2D eigenvalue weighted by molar-refractivity contribution is 0.0941. The molecule has 0 unspecified atom stereocenters. The van der Waals surface area contributed by atoms with E-state index in [9.17, 15) is 4.79 Å². The summed E-state index contributed by atoms with van der Waals surface area (Å²) >= 11 is 1.36. The Labute approximate surface area is 137 Å². The predicted molar refractivity (Wildman–Crippen MR) is 88.1 cm³/mol. The molecular weight excluding hydrogens is 312 g/mol. The van der Waals surface area contributed by atoms with E-state index in [0.29, 0.717) is 10.6 Å². The summed E-state index contributed by atoms with van der Waals surface area (Å²) in [5, 5.41) is 12.6. The van der Waals surface area contributed by atoms with Gasteiger partial charge in [-0.2, -0.15) is 0 Å². The largest absolute Gasteiger partial charge is 0.495 e. The third kappa shape index (κ3) is 3.24. The van der Waals surface area contributed by atoms with Crippen LogP contribution in [0.4, 0.5) is 0 Å². The quantitative estimate of drug-likeness (QED) is 0.782. The third-order valence-corrected chi connectivity index (χ3v) is 4.38. The Hall–Kier alpha value is -2.67. The van der Waals surface area contributed by atoms with Crippen molar-refractivity contribution in [2.45, 2.75) is 13.0 Å². The summed E-state index contributed by atoms with van der Waals surface area (Å²) in [6, 6.07) is 9.49. The fourth-order valence-corrected chi connectivity index (χ4v) is 2.99. The Morgan fingerprint density at radius 1 is 1.30 bits per heavy atom. The number of hydrogen-bond donors (Lipinski definition) is 1. The van der Waals surface area contributed by atoms with Gasteiger partial charge in [0.2, 0.25) is 0 Å². The molecule has 3 aromatic rings. The van der Waals surface area contributed by atoms with Crippen molar-refractivity contribution in [2.75, 3.05) is 7.11 Å². The smallest absolute Gasteiger partial charge is 0.265 e. The van der Waals surface area contributed by atoms with Gasteiger partial charge in [0.1, 0.15) is 10.6 Å². The minimum absolute atomic E-state index is 0.112. The average Bonchev–Trinajstić information content (AvgIpc) is 3.26. The van der Waals surface area contributed by atoms with Crippen molar-refractivity contribution in [3.63, 3.8) is 0 Å². The molecule has 0 fully saturated rings. The second-order valence-electron chi connectivity index (χ2n) is 4.95. The Bertz CT molecular complexity index is 781. The van der Waals surface area contributed by atoms with Gasteiger partial charge in [-0.3, -0.25) is 4.79 Å². The lowest BCUT2D eigenvalue weighted by atomic mass is 10.1. The van der Waals surface area contributed by atoms with Crippen LogP contribution in [0.5, 0.6) is 5.75 Å². The first-order chi connectivity index (χ1) is 11.2. The number of amides is 1. The molecule has 0 saturated heterocycles. The summed E-state index contributed by atoms with van der Waals surface area (Å²) in [7, 11) is 1.56. The highest BCUT2D eigenvalue weighted by molar-refractivity contribution is 7.12. The molecule has 1 aromatic carbocycles. The molecule has 0 spiro atoms. The van der Waals surface area contributed by atoms with E-state index >= 15 is 0 Å². The van der Waals surface area contributed by atoms with Gasteiger partial charge >= 0.3 is 0 Å². The van der Waals surface area contributed by atoms with Gasteiger partial charge in [-0.05, 0) is 36.1 Å². The summed E-state index contributed by atoms with van der Waals surface area (Å²) < 4.78 is 6.87. The van der Waals surface area contributed by atoms with Crippen LogP contribution in [0, 0.1) is 0 Å². The predicted octanol–water partition coefficient (Wildman–Crippen LogP) is 2.83. The minimum Gasteiger partial charge on any atom is -0.495 e. The SMILES string of the molecule is COc1ccsc1C(=O)N[C@@H](C)c1ccc(-n2ccnn2)cc1. The summed E-state index contributed by atoms with van der Waals surface area (Å²) in [5.74, 6) is 0.464. The van der Waals surface area contributed by atoms with Gasteiger partial charge in [0.15, 0.2) is 0 Å². The topological polar surface area (TPSA) is 69.0 Å². The van der Waals surface area contributed by atoms with Gasteiger partial charge in [0, 0.05) is 0 Å². The molecule has 1 atom stereocenters. The van der Waals surface area contributed by atoms with E-state index in [0.717, 1.165) is 11.3 Å². The average molecular weight is 328 g/mol. The molecule has 6 nitrogen and oxygen atoms in total. The molecule has 23 heavy (non-hydrogen) atoms. The van der Waals surface area contributed by atoms with Gasteiger partial charge < -0.3 is 10.1 Å². The lowest BCUT2D eigenvalue weighted by Crippen LogP contribution is -2.26. The number of nitrogens with one attached hydrogen (secondary N) is 1. The molecular formula is C16H16N4O2S. The standard InChI is InChI=1S/C16H16N4O2S/c1-11(18-16(21)15-14(22-2)7-10-23-15)12-3-5-13(6-4-12)20-9-8-17-19-20/h3-11H,1-2H3,(H,18,21)/t11-/m0/s1. The first kappa shape index (κ1) is 15.2. The maximum absolute atomic E-state index is 12.3. The van der Waals surface area contributed by atoms with Crippen LogP contribution in [-0.2, 0) is 0 Å². The molecule has 0 bridgehead atoms. The van der Waals surface area contributed by atoms with E-state index in [4.69, 9.17) is 4.74 Å². The number of nitrogens with zero attached hydrogens (tertiary/aromatic N) is 3. The zero-order chi connectivity index (χ0) is 16.2. The first-order valence-corrected chi connectivity index (χ1v) is 7.96. The maximum atomic E-state index is 12.3. The number of carbonyl (C=O) groups is 1. The molecule has 7 heteroatoms. The fourth-order valence-electron chi connectivity index (χ4n) is 2.23. The van der Waals surface area contributed by atoms with E-state index in [1.54, 1.807) is 30.3 Å². The molecule has 0 radical (unpaired) electrons. The van der Waals surface area contributed by atoms with Gasteiger partial charge in [0.25, 0.3) is 5.91 Å². The molecule has 1 N–H and O–H groups in total. The van der Waals surface area contributed by atoms with Crippen LogP contribution in [0.1, 0.15) is 28.2 Å². The number of aromatic nitrogens is 3. The van der Waals surface area contributed by atoms with Crippen LogP contribution in [0.15, 0.2) is 48.1 Å².